The second-order valence-corrected chi connectivity index (χ2v) is 6.35. The van der Waals surface area contributed by atoms with Gasteiger partial charge in [0.25, 0.3) is 0 Å². The van der Waals surface area contributed by atoms with Gasteiger partial charge in [0.1, 0.15) is 6.04 Å². The van der Waals surface area contributed by atoms with E-state index in [1.165, 1.54) is 7.05 Å². The number of hydrogen-bond acceptors (Lipinski definition) is 2. The lowest BCUT2D eigenvalue weighted by atomic mass is 9.92. The fraction of sp³-hybridized carbons (Fsp3) is 0.857. The first-order valence-electron chi connectivity index (χ1n) is 7.41. The minimum Gasteiger partial charge on any atom is -0.359 e. The van der Waals surface area contributed by atoms with Crippen LogP contribution >= 0.6 is 0 Å². The van der Waals surface area contributed by atoms with Gasteiger partial charge in [-0.15, -0.1) is 0 Å². The summed E-state index contributed by atoms with van der Waals surface area (Å²) in [6.45, 7) is 3.16. The Morgan fingerprint density at radius 2 is 1.73 bits per heavy atom. The van der Waals surface area contributed by atoms with E-state index in [1.807, 2.05) is 5.32 Å². The predicted molar refractivity (Wildman–Crippen MR) is 76.2 cm³/mol. The lowest BCUT2D eigenvalue weighted by Crippen LogP contribution is -2.54. The van der Waals surface area contributed by atoms with Crippen molar-refractivity contribution in [3.8, 4) is 0 Å². The van der Waals surface area contributed by atoms with E-state index < -0.39 is 29.6 Å². The van der Waals surface area contributed by atoms with Gasteiger partial charge in [-0.1, -0.05) is 12.8 Å². The number of halogens is 3. The minimum absolute atomic E-state index is 0.0479. The molecule has 0 aromatic carbocycles. The summed E-state index contributed by atoms with van der Waals surface area (Å²) >= 11 is 0. The molecule has 128 valence electrons. The first-order chi connectivity index (χ1) is 10.1. The summed E-state index contributed by atoms with van der Waals surface area (Å²) in [6, 6.07) is -2.73. The van der Waals surface area contributed by atoms with Crippen LogP contribution in [0.5, 0.6) is 0 Å². The van der Waals surface area contributed by atoms with E-state index >= 15 is 0 Å². The Hall–Kier alpha value is -1.47. The Labute approximate surface area is 128 Å². The van der Waals surface area contributed by atoms with Crippen LogP contribution < -0.4 is 16.0 Å². The molecule has 22 heavy (non-hydrogen) atoms. The zero-order valence-electron chi connectivity index (χ0n) is 13.1. The summed E-state index contributed by atoms with van der Waals surface area (Å²) in [5.41, 5.74) is -0.896. The second kappa shape index (κ2) is 7.19. The first kappa shape index (κ1) is 18.6. The zero-order valence-corrected chi connectivity index (χ0v) is 13.1. The topological polar surface area (TPSA) is 70.2 Å². The molecule has 1 aliphatic carbocycles. The van der Waals surface area contributed by atoms with Crippen molar-refractivity contribution in [3.63, 3.8) is 0 Å². The van der Waals surface area contributed by atoms with Crippen molar-refractivity contribution < 1.29 is 22.8 Å². The van der Waals surface area contributed by atoms with Crippen LogP contribution in [-0.2, 0) is 4.79 Å². The summed E-state index contributed by atoms with van der Waals surface area (Å²) in [5.74, 6) is -0.867. The van der Waals surface area contributed by atoms with Gasteiger partial charge in [-0.05, 0) is 32.6 Å². The average molecular weight is 323 g/mol. The fourth-order valence-corrected chi connectivity index (χ4v) is 2.67. The van der Waals surface area contributed by atoms with Crippen LogP contribution in [0.3, 0.4) is 0 Å². The van der Waals surface area contributed by atoms with Crippen molar-refractivity contribution in [1.82, 2.24) is 16.0 Å². The largest absolute Gasteiger partial charge is 0.408 e. The third kappa shape index (κ3) is 5.06. The molecule has 3 amide bonds. The second-order valence-electron chi connectivity index (χ2n) is 6.35. The molecule has 1 aliphatic rings. The SMILES string of the molecule is CNC(=O)C(C)(C)CNC(=O)N[C@H](C1CCCC1)C(F)(F)F. The number of alkyl halides is 3. The normalized spacial score (nSPS) is 17.9. The van der Waals surface area contributed by atoms with Gasteiger partial charge < -0.3 is 16.0 Å². The van der Waals surface area contributed by atoms with Crippen molar-refractivity contribution in [3.05, 3.63) is 0 Å². The zero-order chi connectivity index (χ0) is 17.0. The molecule has 3 N–H and O–H groups in total. The van der Waals surface area contributed by atoms with Crippen LogP contribution in [0.1, 0.15) is 39.5 Å². The predicted octanol–water partition coefficient (Wildman–Crippen LogP) is 2.18. The molecule has 0 spiro atoms. The van der Waals surface area contributed by atoms with Crippen molar-refractivity contribution in [2.75, 3.05) is 13.6 Å². The van der Waals surface area contributed by atoms with E-state index in [-0.39, 0.29) is 12.5 Å². The number of carbonyl (C=O) groups excluding carboxylic acids is 2. The smallest absolute Gasteiger partial charge is 0.359 e. The molecule has 0 aromatic rings. The number of carbonyl (C=O) groups is 2. The molecule has 0 aromatic heterocycles. The third-order valence-electron chi connectivity index (χ3n) is 4.04. The highest BCUT2D eigenvalue weighted by atomic mass is 19.4. The van der Waals surface area contributed by atoms with Crippen LogP contribution in [0.2, 0.25) is 0 Å². The number of hydrogen-bond donors (Lipinski definition) is 3. The van der Waals surface area contributed by atoms with Crippen LogP contribution in [0.15, 0.2) is 0 Å². The Morgan fingerprint density at radius 1 is 1.18 bits per heavy atom. The number of nitrogens with one attached hydrogen (secondary N) is 3. The van der Waals surface area contributed by atoms with Crippen molar-refractivity contribution in [2.24, 2.45) is 11.3 Å². The molecule has 8 heteroatoms. The molecule has 0 bridgehead atoms. The Kier molecular flexibility index (Phi) is 6.08. The molecular weight excluding hydrogens is 299 g/mol. The lowest BCUT2D eigenvalue weighted by molar-refractivity contribution is -0.164. The molecule has 1 rings (SSSR count). The highest BCUT2D eigenvalue weighted by Gasteiger charge is 2.46. The van der Waals surface area contributed by atoms with Gasteiger partial charge >= 0.3 is 12.2 Å². The maximum atomic E-state index is 13.1. The van der Waals surface area contributed by atoms with Crippen molar-refractivity contribution in [2.45, 2.75) is 51.7 Å². The van der Waals surface area contributed by atoms with Crippen LogP contribution in [0, 0.1) is 11.3 Å². The molecule has 0 saturated heterocycles. The van der Waals surface area contributed by atoms with E-state index in [0.29, 0.717) is 12.8 Å². The van der Waals surface area contributed by atoms with Crippen LogP contribution in [-0.4, -0.2) is 37.7 Å². The molecule has 0 aliphatic heterocycles. The van der Waals surface area contributed by atoms with Crippen molar-refractivity contribution in [1.29, 1.82) is 0 Å². The molecule has 1 atom stereocenters. The van der Waals surface area contributed by atoms with Crippen LogP contribution in [0.25, 0.3) is 0 Å². The maximum Gasteiger partial charge on any atom is 0.408 e. The van der Waals surface area contributed by atoms with E-state index in [1.54, 1.807) is 13.8 Å². The maximum absolute atomic E-state index is 13.1. The summed E-state index contributed by atoms with van der Waals surface area (Å²) < 4.78 is 39.2. The molecule has 1 fully saturated rings. The quantitative estimate of drug-likeness (QED) is 0.726. The van der Waals surface area contributed by atoms with Gasteiger partial charge in [0.2, 0.25) is 5.91 Å². The average Bonchev–Trinajstić information content (AvgIpc) is 2.94. The Bertz CT molecular complexity index is 405. The van der Waals surface area contributed by atoms with E-state index in [9.17, 15) is 22.8 Å². The molecule has 0 radical (unpaired) electrons. The molecule has 0 heterocycles. The molecule has 5 nitrogen and oxygen atoms in total. The minimum atomic E-state index is -4.47. The highest BCUT2D eigenvalue weighted by Crippen LogP contribution is 2.35. The fourth-order valence-electron chi connectivity index (χ4n) is 2.67. The lowest BCUT2D eigenvalue weighted by Gasteiger charge is -2.28. The van der Waals surface area contributed by atoms with Gasteiger partial charge in [-0.3, -0.25) is 4.79 Å². The third-order valence-corrected chi connectivity index (χ3v) is 4.04. The van der Waals surface area contributed by atoms with E-state index in [0.717, 1.165) is 12.8 Å². The molecular formula is C14H24F3N3O2. The summed E-state index contributed by atoms with van der Waals surface area (Å²) in [6.07, 6.45) is -2.03. The van der Waals surface area contributed by atoms with E-state index in [4.69, 9.17) is 0 Å². The summed E-state index contributed by atoms with van der Waals surface area (Å²) in [7, 11) is 1.46. The van der Waals surface area contributed by atoms with Gasteiger partial charge in [0.15, 0.2) is 0 Å². The number of rotatable bonds is 5. The highest BCUT2D eigenvalue weighted by molar-refractivity contribution is 5.83. The van der Waals surface area contributed by atoms with Gasteiger partial charge in [0.05, 0.1) is 5.41 Å². The summed E-state index contributed by atoms with van der Waals surface area (Å²) in [4.78, 5) is 23.3. The monoisotopic (exact) mass is 323 g/mol. The molecule has 0 unspecified atom stereocenters. The Morgan fingerprint density at radius 3 is 2.18 bits per heavy atom. The van der Waals surface area contributed by atoms with Crippen LogP contribution in [0.4, 0.5) is 18.0 Å². The van der Waals surface area contributed by atoms with Gasteiger partial charge in [-0.2, -0.15) is 13.2 Å². The van der Waals surface area contributed by atoms with Gasteiger partial charge in [0, 0.05) is 13.6 Å². The summed E-state index contributed by atoms with van der Waals surface area (Å²) in [5, 5.41) is 6.82. The Balaban J connectivity index is 2.59. The first-order valence-corrected chi connectivity index (χ1v) is 7.41. The van der Waals surface area contributed by atoms with Gasteiger partial charge in [-0.25, -0.2) is 4.79 Å². The molecule has 1 saturated carbocycles. The number of urea groups is 1. The standard InChI is InChI=1S/C14H24F3N3O2/c1-13(2,11(21)18-3)8-19-12(22)20-10(14(15,16)17)9-6-4-5-7-9/h9-10H,4-8H2,1-3H3,(H,18,21)(H2,19,20,22)/t10-/m1/s1. The van der Waals surface area contributed by atoms with Crippen molar-refractivity contribution >= 4 is 11.9 Å². The van der Waals surface area contributed by atoms with E-state index in [2.05, 4.69) is 10.6 Å². The number of amides is 3.